The summed E-state index contributed by atoms with van der Waals surface area (Å²) < 4.78 is 1.14. The number of hydrogen-bond acceptors (Lipinski definition) is 4. The summed E-state index contributed by atoms with van der Waals surface area (Å²) in [5.41, 5.74) is 2.57. The number of para-hydroxylation sites is 1. The zero-order valence-corrected chi connectivity index (χ0v) is 17.7. The van der Waals surface area contributed by atoms with Crippen LogP contribution in [0.25, 0.3) is 10.2 Å². The molecule has 1 saturated heterocycles. The summed E-state index contributed by atoms with van der Waals surface area (Å²) in [6.07, 6.45) is 2.21. The van der Waals surface area contributed by atoms with E-state index in [-0.39, 0.29) is 30.7 Å². The minimum Gasteiger partial charge on any atom is -0.333 e. The molecule has 150 valence electrons. The highest BCUT2D eigenvalue weighted by Crippen LogP contribution is 2.36. The third kappa shape index (κ3) is 4.43. The summed E-state index contributed by atoms with van der Waals surface area (Å²) in [4.78, 5) is 31.7. The lowest BCUT2D eigenvalue weighted by molar-refractivity contribution is -0.133. The lowest BCUT2D eigenvalue weighted by Crippen LogP contribution is -2.31. The van der Waals surface area contributed by atoms with Crippen molar-refractivity contribution in [2.75, 3.05) is 11.9 Å². The van der Waals surface area contributed by atoms with Crippen molar-refractivity contribution in [2.24, 2.45) is 0 Å². The molecule has 1 aromatic heterocycles. The number of anilines is 1. The van der Waals surface area contributed by atoms with Crippen LogP contribution >= 0.6 is 22.9 Å². The monoisotopic (exact) mass is 427 g/mol. The molecule has 7 heteroatoms. The van der Waals surface area contributed by atoms with Gasteiger partial charge in [-0.1, -0.05) is 29.8 Å². The highest BCUT2D eigenvalue weighted by Gasteiger charge is 2.32. The third-order valence-corrected chi connectivity index (χ3v) is 6.73. The smallest absolute Gasteiger partial charge is 0.224 e. The number of rotatable bonds is 5. The van der Waals surface area contributed by atoms with E-state index in [1.807, 2.05) is 42.2 Å². The number of amides is 2. The fraction of sp³-hybridized carbons (Fsp3) is 0.318. The summed E-state index contributed by atoms with van der Waals surface area (Å²) in [6.45, 7) is 2.62. The Morgan fingerprint density at radius 2 is 2.07 bits per heavy atom. The first-order valence-corrected chi connectivity index (χ1v) is 10.9. The maximum atomic E-state index is 12.8. The van der Waals surface area contributed by atoms with Crippen LogP contribution in [0.5, 0.6) is 0 Å². The molecule has 1 atom stereocenters. The number of hydrogen-bond donors (Lipinski definition) is 1. The molecule has 2 aromatic carbocycles. The first-order chi connectivity index (χ1) is 14.0. The maximum absolute atomic E-state index is 12.8. The van der Waals surface area contributed by atoms with Crippen LogP contribution in [0.3, 0.4) is 0 Å². The van der Waals surface area contributed by atoms with Crippen LogP contribution in [0.2, 0.25) is 5.02 Å². The van der Waals surface area contributed by atoms with Crippen LogP contribution in [0.15, 0.2) is 42.5 Å². The summed E-state index contributed by atoms with van der Waals surface area (Å²) in [5, 5.41) is 4.40. The molecule has 1 aliphatic rings. The second-order valence-corrected chi connectivity index (χ2v) is 8.75. The van der Waals surface area contributed by atoms with Crippen LogP contribution < -0.4 is 5.32 Å². The normalized spacial score (nSPS) is 16.3. The number of fused-ring (bicyclic) bond motifs is 1. The number of aryl methyl sites for hydroxylation is 1. The van der Waals surface area contributed by atoms with Gasteiger partial charge in [0.15, 0.2) is 0 Å². The molecule has 4 rings (SSSR count). The molecule has 0 unspecified atom stereocenters. The van der Waals surface area contributed by atoms with Gasteiger partial charge in [-0.3, -0.25) is 9.59 Å². The number of nitrogens with zero attached hydrogens (tertiary/aromatic N) is 2. The Labute approximate surface area is 178 Å². The molecule has 1 fully saturated rings. The van der Waals surface area contributed by atoms with Gasteiger partial charge in [-0.2, -0.15) is 0 Å². The van der Waals surface area contributed by atoms with E-state index < -0.39 is 0 Å². The third-order valence-electron chi connectivity index (χ3n) is 5.19. The van der Waals surface area contributed by atoms with Gasteiger partial charge >= 0.3 is 0 Å². The molecule has 0 spiro atoms. The number of likely N-dealkylation sites (tertiary alicyclic amines) is 1. The Morgan fingerprint density at radius 3 is 2.86 bits per heavy atom. The van der Waals surface area contributed by atoms with Gasteiger partial charge in [0, 0.05) is 30.1 Å². The van der Waals surface area contributed by atoms with Crippen molar-refractivity contribution in [1.29, 1.82) is 0 Å². The Morgan fingerprint density at radius 1 is 1.24 bits per heavy atom. The number of carbonyl (C=O) groups is 2. The number of nitrogens with one attached hydrogen (secondary N) is 1. The van der Waals surface area contributed by atoms with E-state index in [1.165, 1.54) is 0 Å². The van der Waals surface area contributed by atoms with Gasteiger partial charge in [0.25, 0.3) is 0 Å². The van der Waals surface area contributed by atoms with E-state index in [0.29, 0.717) is 17.3 Å². The van der Waals surface area contributed by atoms with Crippen molar-refractivity contribution in [1.82, 2.24) is 9.88 Å². The van der Waals surface area contributed by atoms with Crippen molar-refractivity contribution in [3.8, 4) is 0 Å². The van der Waals surface area contributed by atoms with Crippen molar-refractivity contribution in [3.63, 3.8) is 0 Å². The van der Waals surface area contributed by atoms with Crippen LogP contribution in [0, 0.1) is 6.92 Å². The molecular formula is C22H22ClN3O2S. The Kier molecular flexibility index (Phi) is 5.83. The van der Waals surface area contributed by atoms with Crippen LogP contribution in [0.1, 0.15) is 42.3 Å². The molecular weight excluding hydrogens is 406 g/mol. The van der Waals surface area contributed by atoms with Gasteiger partial charge in [-0.25, -0.2) is 4.98 Å². The Balaban J connectivity index is 1.37. The van der Waals surface area contributed by atoms with Crippen molar-refractivity contribution >= 4 is 50.7 Å². The molecule has 3 aromatic rings. The standard InChI is InChI=1S/C22H22ClN3O2S/c1-14-8-9-15(13-16(14)23)24-20(27)10-11-21(28)26-12-4-6-18(26)22-25-17-5-2-3-7-19(17)29-22/h2-3,5,7-9,13,18H,4,6,10-12H2,1H3,(H,24,27)/t18-/m0/s1. The van der Waals surface area contributed by atoms with Crippen molar-refractivity contribution in [2.45, 2.75) is 38.6 Å². The number of halogens is 1. The topological polar surface area (TPSA) is 62.3 Å². The number of benzene rings is 2. The molecule has 5 nitrogen and oxygen atoms in total. The first-order valence-electron chi connectivity index (χ1n) is 9.72. The predicted molar refractivity (Wildman–Crippen MR) is 117 cm³/mol. The average Bonchev–Trinajstić information content (AvgIpc) is 3.35. The summed E-state index contributed by atoms with van der Waals surface area (Å²) in [5.74, 6) is -0.183. The summed E-state index contributed by atoms with van der Waals surface area (Å²) >= 11 is 7.74. The van der Waals surface area contributed by atoms with Gasteiger partial charge in [-0.05, 0) is 49.6 Å². The van der Waals surface area contributed by atoms with Gasteiger partial charge < -0.3 is 10.2 Å². The van der Waals surface area contributed by atoms with E-state index in [2.05, 4.69) is 11.4 Å². The molecule has 0 saturated carbocycles. The van der Waals surface area contributed by atoms with Gasteiger partial charge in [0.1, 0.15) is 5.01 Å². The lowest BCUT2D eigenvalue weighted by Gasteiger charge is -2.23. The second kappa shape index (κ2) is 8.51. The first kappa shape index (κ1) is 19.9. The number of aromatic nitrogens is 1. The minimum atomic E-state index is -0.186. The van der Waals surface area contributed by atoms with E-state index in [9.17, 15) is 9.59 Å². The average molecular weight is 428 g/mol. The molecule has 0 radical (unpaired) electrons. The number of carbonyl (C=O) groups excluding carboxylic acids is 2. The molecule has 0 aliphatic carbocycles. The molecule has 1 aliphatic heterocycles. The fourth-order valence-corrected chi connectivity index (χ4v) is 4.91. The predicted octanol–water partition coefficient (Wildman–Crippen LogP) is 5.34. The summed E-state index contributed by atoms with van der Waals surface area (Å²) in [6, 6.07) is 13.4. The van der Waals surface area contributed by atoms with Crippen LogP contribution in [0.4, 0.5) is 5.69 Å². The second-order valence-electron chi connectivity index (χ2n) is 7.28. The van der Waals surface area contributed by atoms with Crippen molar-refractivity contribution < 1.29 is 9.59 Å². The molecule has 2 amide bonds. The maximum Gasteiger partial charge on any atom is 0.224 e. The SMILES string of the molecule is Cc1ccc(NC(=O)CCC(=O)N2CCC[C@H]2c2nc3ccccc3s2)cc1Cl. The van der Waals surface area contributed by atoms with Gasteiger partial charge in [0.05, 0.1) is 16.3 Å². The largest absolute Gasteiger partial charge is 0.333 e. The van der Waals surface area contributed by atoms with Gasteiger partial charge in [0.2, 0.25) is 11.8 Å². The quantitative estimate of drug-likeness (QED) is 0.597. The zero-order chi connectivity index (χ0) is 20.4. The number of thiazole rings is 1. The molecule has 29 heavy (non-hydrogen) atoms. The Bertz CT molecular complexity index is 1030. The van der Waals surface area contributed by atoms with E-state index in [4.69, 9.17) is 16.6 Å². The van der Waals surface area contributed by atoms with E-state index in [0.717, 1.165) is 33.6 Å². The van der Waals surface area contributed by atoms with Crippen molar-refractivity contribution in [3.05, 3.63) is 58.1 Å². The van der Waals surface area contributed by atoms with Crippen LogP contribution in [-0.4, -0.2) is 28.2 Å². The minimum absolute atomic E-state index is 0.00356. The molecule has 2 heterocycles. The highest BCUT2D eigenvalue weighted by atomic mass is 35.5. The van der Waals surface area contributed by atoms with Gasteiger partial charge in [-0.15, -0.1) is 11.3 Å². The van der Waals surface area contributed by atoms with E-state index in [1.54, 1.807) is 17.4 Å². The Hall–Kier alpha value is -2.44. The molecule has 1 N–H and O–H groups in total. The highest BCUT2D eigenvalue weighted by molar-refractivity contribution is 7.18. The fourth-order valence-electron chi connectivity index (χ4n) is 3.61. The van der Waals surface area contributed by atoms with Crippen LogP contribution in [-0.2, 0) is 9.59 Å². The summed E-state index contributed by atoms with van der Waals surface area (Å²) in [7, 11) is 0. The molecule has 0 bridgehead atoms. The zero-order valence-electron chi connectivity index (χ0n) is 16.2. The van der Waals surface area contributed by atoms with E-state index >= 15 is 0 Å². The lowest BCUT2D eigenvalue weighted by atomic mass is 10.2.